The Balaban J connectivity index is 0.000000153. The summed E-state index contributed by atoms with van der Waals surface area (Å²) >= 11 is 0. The van der Waals surface area contributed by atoms with Crippen molar-refractivity contribution in [2.75, 3.05) is 84.8 Å². The Morgan fingerprint density at radius 1 is 0.774 bits per heavy atom. The lowest BCUT2D eigenvalue weighted by Gasteiger charge is -2.21. The van der Waals surface area contributed by atoms with E-state index in [-0.39, 0.29) is 17.9 Å². The quantitative estimate of drug-likeness (QED) is 0.205. The van der Waals surface area contributed by atoms with E-state index >= 15 is 0 Å². The van der Waals surface area contributed by atoms with Crippen LogP contribution >= 0.6 is 7.60 Å². The molecule has 0 aromatic carbocycles. The molecule has 0 atom stereocenters. The first-order valence-corrected chi connectivity index (χ1v) is 12.6. The van der Waals surface area contributed by atoms with Gasteiger partial charge in [0, 0.05) is 84.6 Å². The number of Topliss-reactive ketones (excluding diaryl/α,β-unsaturated/α-hetero) is 1. The van der Waals surface area contributed by atoms with Crippen LogP contribution in [0.5, 0.6) is 0 Å². The molecule has 0 saturated carbocycles. The van der Waals surface area contributed by atoms with Gasteiger partial charge in [0.15, 0.2) is 0 Å². The molecular formula is C19H31N6O5P. The molecule has 0 aromatic heterocycles. The zero-order valence-corrected chi connectivity index (χ0v) is 18.5. The van der Waals surface area contributed by atoms with Crippen molar-refractivity contribution in [1.29, 1.82) is 0 Å². The van der Waals surface area contributed by atoms with Crippen molar-refractivity contribution >= 4 is 19.2 Å². The van der Waals surface area contributed by atoms with Gasteiger partial charge in [0.2, 0.25) is 11.6 Å². The van der Waals surface area contributed by atoms with Gasteiger partial charge in [0.05, 0.1) is 5.70 Å². The first-order chi connectivity index (χ1) is 14.8. The second-order valence-electron chi connectivity index (χ2n) is 8.31. The summed E-state index contributed by atoms with van der Waals surface area (Å²) in [5.74, 6) is 0.0485. The molecule has 5 aliphatic rings. The smallest absolute Gasteiger partial charge is 0.339 e. The zero-order chi connectivity index (χ0) is 22.0. The first-order valence-electron chi connectivity index (χ1n) is 10.8. The minimum absolute atomic E-state index is 0.00546. The Labute approximate surface area is 181 Å². The van der Waals surface area contributed by atoms with Gasteiger partial charge in [0.1, 0.15) is 17.7 Å². The van der Waals surface area contributed by atoms with Crippen LogP contribution in [0.3, 0.4) is 0 Å². The summed E-state index contributed by atoms with van der Waals surface area (Å²) in [7, 11) is -3.91. The van der Waals surface area contributed by atoms with Gasteiger partial charge in [-0.2, -0.15) is 0 Å². The van der Waals surface area contributed by atoms with Crippen molar-refractivity contribution in [3.8, 4) is 0 Å². The summed E-state index contributed by atoms with van der Waals surface area (Å²) in [6.07, 6.45) is 1.38. The minimum Gasteiger partial charge on any atom is -0.365 e. The van der Waals surface area contributed by atoms with Gasteiger partial charge >= 0.3 is 7.60 Å². The van der Waals surface area contributed by atoms with Gasteiger partial charge in [0.25, 0.3) is 0 Å². The molecule has 4 heterocycles. The van der Waals surface area contributed by atoms with E-state index in [2.05, 4.69) is 10.6 Å². The molecule has 0 amide bonds. The Morgan fingerprint density at radius 2 is 1.29 bits per heavy atom. The molecule has 4 N–H and O–H groups in total. The van der Waals surface area contributed by atoms with Gasteiger partial charge in [-0.25, -0.2) is 0 Å². The summed E-state index contributed by atoms with van der Waals surface area (Å²) < 4.78 is 10.8. The predicted octanol–water partition coefficient (Wildman–Crippen LogP) is -2.20. The SMILES string of the molecule is O=C1C=C(N2CC2)C(=O)C(N2CC2)=C1N1CC1.O=P(O)(O)CN1CCNCCNCC1. The highest BCUT2D eigenvalue weighted by atomic mass is 31.2. The largest absolute Gasteiger partial charge is 0.365 e. The second kappa shape index (κ2) is 9.40. The van der Waals surface area contributed by atoms with Crippen LogP contribution in [0.25, 0.3) is 0 Å². The Morgan fingerprint density at radius 3 is 1.77 bits per heavy atom. The van der Waals surface area contributed by atoms with Crippen molar-refractivity contribution in [1.82, 2.24) is 30.2 Å². The fraction of sp³-hybridized carbons (Fsp3) is 0.684. The molecule has 5 rings (SSSR count). The van der Waals surface area contributed by atoms with Crippen molar-refractivity contribution in [3.63, 3.8) is 0 Å². The molecule has 172 valence electrons. The monoisotopic (exact) mass is 454 g/mol. The maximum absolute atomic E-state index is 12.4. The fourth-order valence-electron chi connectivity index (χ4n) is 3.69. The minimum atomic E-state index is -3.91. The predicted molar refractivity (Wildman–Crippen MR) is 114 cm³/mol. The third-order valence-electron chi connectivity index (χ3n) is 5.56. The molecule has 0 radical (unpaired) electrons. The number of carbonyl (C=O) groups is 2. The van der Waals surface area contributed by atoms with Gasteiger partial charge in [-0.05, 0) is 0 Å². The zero-order valence-electron chi connectivity index (χ0n) is 17.6. The average Bonchev–Trinajstić information content (AvgIpc) is 3.52. The number of ketones is 2. The maximum atomic E-state index is 12.4. The van der Waals surface area contributed by atoms with Crippen molar-refractivity contribution in [3.05, 3.63) is 23.2 Å². The molecule has 31 heavy (non-hydrogen) atoms. The Bertz CT molecular complexity index is 818. The van der Waals surface area contributed by atoms with Crippen LogP contribution in [0.15, 0.2) is 23.2 Å². The number of nitrogens with one attached hydrogen (secondary N) is 2. The fourth-order valence-corrected chi connectivity index (χ4v) is 4.49. The topological polar surface area (TPSA) is 128 Å². The van der Waals surface area contributed by atoms with Gasteiger partial charge in [-0.3, -0.25) is 19.1 Å². The molecular weight excluding hydrogens is 423 g/mol. The molecule has 12 heteroatoms. The van der Waals surface area contributed by atoms with E-state index in [0.717, 1.165) is 65.4 Å². The normalized spacial score (nSPS) is 24.7. The molecule has 0 unspecified atom stereocenters. The molecule has 4 aliphatic heterocycles. The molecule has 0 aromatic rings. The maximum Gasteiger partial charge on any atom is 0.339 e. The summed E-state index contributed by atoms with van der Waals surface area (Å²) in [6, 6.07) is 0. The van der Waals surface area contributed by atoms with Gasteiger partial charge in [-0.1, -0.05) is 0 Å². The van der Waals surface area contributed by atoms with Crippen LogP contribution < -0.4 is 10.6 Å². The van der Waals surface area contributed by atoms with Crippen LogP contribution in [0.4, 0.5) is 0 Å². The Hall–Kier alpha value is -1.75. The van der Waals surface area contributed by atoms with Crippen molar-refractivity contribution in [2.24, 2.45) is 0 Å². The number of rotatable bonds is 5. The molecule has 4 saturated heterocycles. The van der Waals surface area contributed by atoms with E-state index in [1.165, 1.54) is 6.08 Å². The van der Waals surface area contributed by atoms with E-state index in [0.29, 0.717) is 30.2 Å². The van der Waals surface area contributed by atoms with E-state index in [4.69, 9.17) is 9.79 Å². The van der Waals surface area contributed by atoms with Gasteiger partial charge < -0.3 is 35.1 Å². The van der Waals surface area contributed by atoms with Crippen LogP contribution in [0.2, 0.25) is 0 Å². The standard InChI is InChI=1S/C12H13N3O2.C7H18N3O3P/c16-9-7-8(13-1-2-13)12(17)11(15-5-6-15)10(9)14-3-4-14;11-14(12,13)7-10-5-3-8-1-2-9-4-6-10/h7H,1-6H2;8-9H,1-7H2,(H2,11,12,13). The average molecular weight is 454 g/mol. The molecule has 11 nitrogen and oxygen atoms in total. The highest BCUT2D eigenvalue weighted by molar-refractivity contribution is 7.51. The second-order valence-corrected chi connectivity index (χ2v) is 9.92. The molecule has 0 bridgehead atoms. The highest BCUT2D eigenvalue weighted by Gasteiger charge is 2.43. The van der Waals surface area contributed by atoms with Gasteiger partial charge in [-0.15, -0.1) is 0 Å². The lowest BCUT2D eigenvalue weighted by molar-refractivity contribution is -0.117. The summed E-state index contributed by atoms with van der Waals surface area (Å²) in [4.78, 5) is 49.9. The molecule has 1 aliphatic carbocycles. The third kappa shape index (κ3) is 6.38. The van der Waals surface area contributed by atoms with E-state index in [9.17, 15) is 14.2 Å². The highest BCUT2D eigenvalue weighted by Crippen LogP contribution is 2.35. The lowest BCUT2D eigenvalue weighted by Crippen LogP contribution is -2.34. The summed E-state index contributed by atoms with van der Waals surface area (Å²) in [5, 5.41) is 6.37. The molecule has 4 fully saturated rings. The number of hydrogen-bond donors (Lipinski definition) is 4. The third-order valence-corrected chi connectivity index (χ3v) is 6.33. The Kier molecular flexibility index (Phi) is 6.80. The van der Waals surface area contributed by atoms with Crippen molar-refractivity contribution < 1.29 is 23.9 Å². The van der Waals surface area contributed by atoms with E-state index < -0.39 is 7.60 Å². The number of allylic oxidation sites excluding steroid dienone is 1. The first kappa shape index (κ1) is 22.4. The molecule has 0 spiro atoms. The number of carbonyl (C=O) groups excluding carboxylic acids is 2. The van der Waals surface area contributed by atoms with Crippen molar-refractivity contribution in [2.45, 2.75) is 0 Å². The summed E-state index contributed by atoms with van der Waals surface area (Å²) in [6.45, 7) is 10.2. The number of hydrogen-bond acceptors (Lipinski definition) is 9. The number of nitrogens with zero attached hydrogens (tertiary/aromatic N) is 4. The van der Waals surface area contributed by atoms with Crippen LogP contribution in [-0.2, 0) is 14.2 Å². The van der Waals surface area contributed by atoms with Crippen LogP contribution in [0, 0.1) is 0 Å². The van der Waals surface area contributed by atoms with Crippen LogP contribution in [0.1, 0.15) is 0 Å². The van der Waals surface area contributed by atoms with E-state index in [1.807, 2.05) is 14.7 Å². The lowest BCUT2D eigenvalue weighted by atomic mass is 10.0. The van der Waals surface area contributed by atoms with E-state index in [1.54, 1.807) is 4.90 Å². The van der Waals surface area contributed by atoms with Crippen LogP contribution in [-0.4, -0.2) is 126 Å². The summed E-state index contributed by atoms with van der Waals surface area (Å²) in [5.41, 5.74) is 1.89.